The van der Waals surface area contributed by atoms with Crippen molar-refractivity contribution in [2.45, 2.75) is 25.8 Å². The number of aliphatic hydroxyl groups excluding tert-OH is 1. The van der Waals surface area contributed by atoms with Gasteiger partial charge in [0.25, 0.3) is 0 Å². The van der Waals surface area contributed by atoms with Crippen LogP contribution < -0.4 is 4.74 Å². The number of hydrogen-bond acceptors (Lipinski definition) is 3. The molecule has 0 aliphatic carbocycles. The van der Waals surface area contributed by atoms with E-state index in [4.69, 9.17) is 4.74 Å². The van der Waals surface area contributed by atoms with Gasteiger partial charge < -0.3 is 9.84 Å². The summed E-state index contributed by atoms with van der Waals surface area (Å²) in [7, 11) is 3.70. The van der Waals surface area contributed by atoms with Crippen molar-refractivity contribution in [2.24, 2.45) is 0 Å². The molecule has 0 aromatic heterocycles. The summed E-state index contributed by atoms with van der Waals surface area (Å²) in [5, 5.41) is 9.31. The number of rotatable bonds is 6. The normalized spacial score (nSPS) is 11.9. The molecule has 1 aromatic rings. The summed E-state index contributed by atoms with van der Waals surface area (Å²) in [6.45, 7) is 5.15. The molecule has 0 amide bonds. The molecule has 1 rings (SSSR count). The number of halogens is 1. The maximum absolute atomic E-state index is 9.31. The Balaban J connectivity index is 2.61. The summed E-state index contributed by atoms with van der Waals surface area (Å²) >= 11 is 3.49. The zero-order valence-electron chi connectivity index (χ0n) is 11.5. The van der Waals surface area contributed by atoms with E-state index in [9.17, 15) is 5.11 Å². The largest absolute Gasteiger partial charge is 0.496 e. The minimum Gasteiger partial charge on any atom is -0.496 e. The van der Waals surface area contributed by atoms with E-state index in [1.165, 1.54) is 5.56 Å². The van der Waals surface area contributed by atoms with Crippen LogP contribution in [0.25, 0.3) is 0 Å². The van der Waals surface area contributed by atoms with Crippen LogP contribution in [0.2, 0.25) is 0 Å². The number of nitrogens with zero attached hydrogens (tertiary/aromatic N) is 1. The van der Waals surface area contributed by atoms with Gasteiger partial charge >= 0.3 is 0 Å². The number of benzene rings is 1. The van der Waals surface area contributed by atoms with Crippen molar-refractivity contribution in [1.29, 1.82) is 0 Å². The Kier molecular flexibility index (Phi) is 5.63. The predicted molar refractivity (Wildman–Crippen MR) is 78.2 cm³/mol. The molecule has 4 heteroatoms. The molecule has 0 saturated heterocycles. The van der Waals surface area contributed by atoms with Gasteiger partial charge in [0.1, 0.15) is 5.75 Å². The van der Waals surface area contributed by atoms with Crippen LogP contribution in [0.1, 0.15) is 19.4 Å². The van der Waals surface area contributed by atoms with Crippen LogP contribution in [-0.2, 0) is 6.42 Å². The van der Waals surface area contributed by atoms with E-state index in [0.29, 0.717) is 0 Å². The lowest BCUT2D eigenvalue weighted by Gasteiger charge is -2.33. The first-order valence-electron chi connectivity index (χ1n) is 6.05. The van der Waals surface area contributed by atoms with Gasteiger partial charge in [-0.3, -0.25) is 4.90 Å². The third kappa shape index (κ3) is 3.97. The quantitative estimate of drug-likeness (QED) is 0.876. The first kappa shape index (κ1) is 15.5. The Morgan fingerprint density at radius 1 is 1.39 bits per heavy atom. The van der Waals surface area contributed by atoms with E-state index < -0.39 is 0 Å². The minimum atomic E-state index is -0.177. The topological polar surface area (TPSA) is 32.7 Å². The van der Waals surface area contributed by atoms with Crippen molar-refractivity contribution in [3.63, 3.8) is 0 Å². The molecule has 1 aromatic carbocycles. The zero-order chi connectivity index (χ0) is 13.8. The fraction of sp³-hybridized carbons (Fsp3) is 0.571. The fourth-order valence-corrected chi connectivity index (χ4v) is 2.17. The standard InChI is InChI=1S/C14H22BrNO2/c1-14(2,10-17)16(3)8-7-11-5-6-13(18-4)12(15)9-11/h5-6,9,17H,7-8,10H2,1-4H3. The van der Waals surface area contributed by atoms with Gasteiger partial charge in [0, 0.05) is 12.1 Å². The lowest BCUT2D eigenvalue weighted by molar-refractivity contribution is 0.0801. The second-order valence-corrected chi connectivity index (χ2v) is 5.97. The molecule has 0 atom stereocenters. The van der Waals surface area contributed by atoms with Gasteiger partial charge in [-0.25, -0.2) is 0 Å². The lowest BCUT2D eigenvalue weighted by Crippen LogP contribution is -2.45. The molecule has 102 valence electrons. The first-order chi connectivity index (χ1) is 8.40. The highest BCUT2D eigenvalue weighted by molar-refractivity contribution is 9.10. The molecule has 3 nitrogen and oxygen atoms in total. The van der Waals surface area contributed by atoms with Crippen LogP contribution in [0.5, 0.6) is 5.75 Å². The Morgan fingerprint density at radius 3 is 2.56 bits per heavy atom. The van der Waals surface area contributed by atoms with Gasteiger partial charge in [-0.1, -0.05) is 6.07 Å². The van der Waals surface area contributed by atoms with Gasteiger partial charge in [0.15, 0.2) is 0 Å². The molecular weight excluding hydrogens is 294 g/mol. The molecule has 0 bridgehead atoms. The van der Waals surface area contributed by atoms with Crippen LogP contribution in [0.4, 0.5) is 0 Å². The molecule has 0 heterocycles. The maximum Gasteiger partial charge on any atom is 0.133 e. The van der Waals surface area contributed by atoms with Gasteiger partial charge in [0.05, 0.1) is 18.2 Å². The molecule has 1 N–H and O–H groups in total. The monoisotopic (exact) mass is 315 g/mol. The molecular formula is C14H22BrNO2. The van der Waals surface area contributed by atoms with Gasteiger partial charge in [0.2, 0.25) is 0 Å². The third-order valence-electron chi connectivity index (χ3n) is 3.37. The number of aliphatic hydroxyl groups is 1. The minimum absolute atomic E-state index is 0.163. The van der Waals surface area contributed by atoms with Crippen molar-refractivity contribution in [2.75, 3.05) is 27.3 Å². The van der Waals surface area contributed by atoms with Crippen molar-refractivity contribution in [3.05, 3.63) is 28.2 Å². The fourth-order valence-electron chi connectivity index (χ4n) is 1.59. The molecule has 0 fully saturated rings. The number of likely N-dealkylation sites (N-methyl/N-ethyl adjacent to an activating group) is 1. The molecule has 0 radical (unpaired) electrons. The van der Waals surface area contributed by atoms with Crippen LogP contribution in [-0.4, -0.2) is 42.9 Å². The second-order valence-electron chi connectivity index (χ2n) is 5.11. The van der Waals surface area contributed by atoms with Crippen molar-refractivity contribution in [1.82, 2.24) is 4.90 Å². The average molecular weight is 316 g/mol. The number of ether oxygens (including phenoxy) is 1. The smallest absolute Gasteiger partial charge is 0.133 e. The Labute approximate surface area is 118 Å². The van der Waals surface area contributed by atoms with E-state index in [0.717, 1.165) is 23.2 Å². The van der Waals surface area contributed by atoms with Crippen LogP contribution in [0.3, 0.4) is 0 Å². The van der Waals surface area contributed by atoms with E-state index in [2.05, 4.69) is 33.0 Å². The van der Waals surface area contributed by atoms with Crippen molar-refractivity contribution < 1.29 is 9.84 Å². The lowest BCUT2D eigenvalue weighted by atomic mass is 10.0. The molecule has 0 saturated carbocycles. The van der Waals surface area contributed by atoms with E-state index in [-0.39, 0.29) is 12.1 Å². The number of hydrogen-bond donors (Lipinski definition) is 1. The third-order valence-corrected chi connectivity index (χ3v) is 3.99. The SMILES string of the molecule is COc1ccc(CCN(C)C(C)(C)CO)cc1Br. The van der Waals surface area contributed by atoms with E-state index in [1.807, 2.05) is 27.0 Å². The Hall–Kier alpha value is -0.580. The van der Waals surface area contributed by atoms with E-state index >= 15 is 0 Å². The first-order valence-corrected chi connectivity index (χ1v) is 6.84. The summed E-state index contributed by atoms with van der Waals surface area (Å²) in [6.07, 6.45) is 0.947. The highest BCUT2D eigenvalue weighted by Gasteiger charge is 2.21. The summed E-state index contributed by atoms with van der Waals surface area (Å²) in [5.41, 5.74) is 1.08. The van der Waals surface area contributed by atoms with Crippen LogP contribution in [0.15, 0.2) is 22.7 Å². The van der Waals surface area contributed by atoms with Crippen LogP contribution in [0, 0.1) is 0 Å². The molecule has 0 spiro atoms. The highest BCUT2D eigenvalue weighted by Crippen LogP contribution is 2.25. The molecule has 0 aliphatic heterocycles. The zero-order valence-corrected chi connectivity index (χ0v) is 13.1. The summed E-state index contributed by atoms with van der Waals surface area (Å²) < 4.78 is 6.19. The van der Waals surface area contributed by atoms with Crippen LogP contribution >= 0.6 is 15.9 Å². The highest BCUT2D eigenvalue weighted by atomic mass is 79.9. The van der Waals surface area contributed by atoms with Gasteiger partial charge in [-0.15, -0.1) is 0 Å². The van der Waals surface area contributed by atoms with Crippen molar-refractivity contribution >= 4 is 15.9 Å². The molecule has 0 aliphatic rings. The second kappa shape index (κ2) is 6.55. The van der Waals surface area contributed by atoms with Gasteiger partial charge in [-0.05, 0) is 60.9 Å². The molecule has 0 unspecified atom stereocenters. The van der Waals surface area contributed by atoms with Gasteiger partial charge in [-0.2, -0.15) is 0 Å². The summed E-state index contributed by atoms with van der Waals surface area (Å²) in [5.74, 6) is 0.850. The summed E-state index contributed by atoms with van der Waals surface area (Å²) in [4.78, 5) is 2.17. The average Bonchev–Trinajstić information content (AvgIpc) is 2.36. The predicted octanol–water partition coefficient (Wildman–Crippen LogP) is 2.70. The maximum atomic E-state index is 9.31. The Morgan fingerprint density at radius 2 is 2.06 bits per heavy atom. The van der Waals surface area contributed by atoms with Crippen molar-refractivity contribution in [3.8, 4) is 5.75 Å². The summed E-state index contributed by atoms with van der Waals surface area (Å²) in [6, 6.07) is 6.12. The number of methoxy groups -OCH3 is 1. The van der Waals surface area contributed by atoms with E-state index in [1.54, 1.807) is 7.11 Å². The molecule has 18 heavy (non-hydrogen) atoms. The Bertz CT molecular complexity index is 393.